The average Bonchev–Trinajstić information content (AvgIpc) is 3.28. The number of hydrogen-bond donors (Lipinski definition) is 1. The SMILES string of the molecule is COP(=O)(OC)[C@H]1O[C@@H]([C@H](OCc2ccccc2)[C@@H](COCc2ccccc2)OCc2ccccc2)[C@H](NC(C)=O)[C@@H](OCc2ccccc2)[C@@H]1OCc1ccccc1. The fourth-order valence-electron chi connectivity index (χ4n) is 7.07. The molecule has 6 rings (SSSR count). The number of ether oxygens (including phenoxy) is 6. The topological polar surface area (TPSA) is 120 Å². The molecule has 0 saturated carbocycles. The lowest BCUT2D eigenvalue weighted by Crippen LogP contribution is -2.68. The van der Waals surface area contributed by atoms with Crippen LogP contribution < -0.4 is 5.32 Å². The second-order valence-corrected chi connectivity index (χ2v) is 16.6. The third kappa shape index (κ3) is 12.7. The normalized spacial score (nSPS) is 20.4. The van der Waals surface area contributed by atoms with Crippen LogP contribution in [0.4, 0.5) is 0 Å². The van der Waals surface area contributed by atoms with Crippen molar-refractivity contribution in [2.45, 2.75) is 82.4 Å². The predicted octanol–water partition coefficient (Wildman–Crippen LogP) is 8.26. The molecule has 0 aromatic heterocycles. The van der Waals surface area contributed by atoms with E-state index in [-0.39, 0.29) is 38.9 Å². The summed E-state index contributed by atoms with van der Waals surface area (Å²) < 4.78 is 66.5. The second kappa shape index (κ2) is 22.7. The molecular formula is C47H54NO10P. The van der Waals surface area contributed by atoms with Crippen LogP contribution in [0.2, 0.25) is 0 Å². The summed E-state index contributed by atoms with van der Waals surface area (Å²) in [6.07, 6.45) is -4.83. The molecule has 1 N–H and O–H groups in total. The average molecular weight is 824 g/mol. The Morgan fingerprint density at radius 1 is 0.593 bits per heavy atom. The monoisotopic (exact) mass is 823 g/mol. The quantitative estimate of drug-likeness (QED) is 0.0684. The molecule has 5 aromatic carbocycles. The molecule has 7 atom stereocenters. The van der Waals surface area contributed by atoms with Crippen LogP contribution in [0, 0.1) is 0 Å². The van der Waals surface area contributed by atoms with Gasteiger partial charge in [0.25, 0.3) is 0 Å². The number of benzene rings is 5. The molecule has 0 bridgehead atoms. The molecule has 0 aliphatic carbocycles. The Hall–Kier alpha value is -4.52. The molecule has 1 aliphatic heterocycles. The van der Waals surface area contributed by atoms with Crippen LogP contribution in [0.15, 0.2) is 152 Å². The number of rotatable bonds is 22. The van der Waals surface area contributed by atoms with E-state index in [0.29, 0.717) is 6.61 Å². The predicted molar refractivity (Wildman–Crippen MR) is 224 cm³/mol. The highest BCUT2D eigenvalue weighted by atomic mass is 31.2. The number of carbonyl (C=O) groups excluding carboxylic acids is 1. The standard InChI is InChI=1S/C47H54NO10P/c1-35(49)48-42-44(56-32-39-25-15-7-16-26-39)46(57-33-40-27-17-8-18-28-40)47(59(50,51-2)52-3)58-45(42)43(55-31-38-23-13-6-14-24-38)41(54-30-37-21-11-5-12-22-37)34-53-29-36-19-9-4-10-20-36/h4-28,41-47H,29-34H2,1-3H3,(H,48,49)/t41-,42-,43-,44-,45-,46+,47-/m1/s1. The molecule has 1 amide bonds. The molecule has 0 radical (unpaired) electrons. The summed E-state index contributed by atoms with van der Waals surface area (Å²) in [5, 5.41) is 3.13. The van der Waals surface area contributed by atoms with Crippen molar-refractivity contribution < 1.29 is 46.8 Å². The summed E-state index contributed by atoms with van der Waals surface area (Å²) in [7, 11) is -1.49. The zero-order valence-electron chi connectivity index (χ0n) is 33.7. The van der Waals surface area contributed by atoms with Crippen molar-refractivity contribution in [1.82, 2.24) is 5.32 Å². The maximum Gasteiger partial charge on any atom is 0.361 e. The van der Waals surface area contributed by atoms with Crippen molar-refractivity contribution in [3.8, 4) is 0 Å². The molecule has 312 valence electrons. The second-order valence-electron chi connectivity index (χ2n) is 14.2. The molecular weight excluding hydrogens is 769 g/mol. The van der Waals surface area contributed by atoms with Gasteiger partial charge in [0, 0.05) is 21.1 Å². The van der Waals surface area contributed by atoms with E-state index in [1.165, 1.54) is 21.1 Å². The Morgan fingerprint density at radius 3 is 1.44 bits per heavy atom. The fourth-order valence-corrected chi connectivity index (χ4v) is 8.54. The fraction of sp³-hybridized carbons (Fsp3) is 0.340. The molecule has 0 spiro atoms. The molecule has 1 fully saturated rings. The van der Waals surface area contributed by atoms with E-state index in [0.717, 1.165) is 27.8 Å². The van der Waals surface area contributed by atoms with Gasteiger partial charge in [-0.15, -0.1) is 0 Å². The highest BCUT2D eigenvalue weighted by molar-refractivity contribution is 7.54. The van der Waals surface area contributed by atoms with Gasteiger partial charge in [0.05, 0.1) is 45.7 Å². The van der Waals surface area contributed by atoms with Gasteiger partial charge < -0.3 is 42.8 Å². The van der Waals surface area contributed by atoms with Gasteiger partial charge in [0.1, 0.15) is 30.5 Å². The van der Waals surface area contributed by atoms with E-state index in [1.54, 1.807) is 0 Å². The summed E-state index contributed by atoms with van der Waals surface area (Å²) in [6, 6.07) is 47.7. The third-order valence-electron chi connectivity index (χ3n) is 10.0. The van der Waals surface area contributed by atoms with Crippen molar-refractivity contribution in [3.05, 3.63) is 179 Å². The summed E-state index contributed by atoms with van der Waals surface area (Å²) in [6.45, 7) is 2.44. The van der Waals surface area contributed by atoms with Crippen LogP contribution in [0.5, 0.6) is 0 Å². The Labute approximate surface area is 347 Å². The molecule has 12 heteroatoms. The van der Waals surface area contributed by atoms with Crippen molar-refractivity contribution in [2.75, 3.05) is 20.8 Å². The van der Waals surface area contributed by atoms with Gasteiger partial charge in [-0.05, 0) is 27.8 Å². The van der Waals surface area contributed by atoms with Gasteiger partial charge in [-0.2, -0.15) is 0 Å². The number of hydrogen-bond acceptors (Lipinski definition) is 10. The van der Waals surface area contributed by atoms with E-state index in [9.17, 15) is 9.36 Å². The maximum atomic E-state index is 14.7. The summed E-state index contributed by atoms with van der Waals surface area (Å²) in [5.41, 5.74) is 4.56. The van der Waals surface area contributed by atoms with E-state index in [1.807, 2.05) is 152 Å². The first-order valence-electron chi connectivity index (χ1n) is 19.7. The van der Waals surface area contributed by atoms with Gasteiger partial charge in [-0.3, -0.25) is 9.36 Å². The van der Waals surface area contributed by atoms with Crippen molar-refractivity contribution in [1.29, 1.82) is 0 Å². The minimum absolute atomic E-state index is 0.0776. The van der Waals surface area contributed by atoms with E-state index < -0.39 is 50.0 Å². The minimum atomic E-state index is -4.10. The number of amides is 1. The first-order valence-corrected chi connectivity index (χ1v) is 21.4. The Kier molecular flexibility index (Phi) is 17.0. The third-order valence-corrected chi connectivity index (χ3v) is 12.1. The van der Waals surface area contributed by atoms with Gasteiger partial charge in [-0.1, -0.05) is 152 Å². The van der Waals surface area contributed by atoms with Gasteiger partial charge in [0.15, 0.2) is 5.85 Å². The molecule has 11 nitrogen and oxygen atoms in total. The lowest BCUT2D eigenvalue weighted by atomic mass is 9.90. The van der Waals surface area contributed by atoms with Crippen LogP contribution in [-0.2, 0) is 79.9 Å². The molecule has 1 saturated heterocycles. The smallest absolute Gasteiger partial charge is 0.361 e. The highest BCUT2D eigenvalue weighted by Gasteiger charge is 2.58. The zero-order chi connectivity index (χ0) is 41.3. The first kappa shape index (κ1) is 44.0. The van der Waals surface area contributed by atoms with Gasteiger partial charge in [0.2, 0.25) is 5.91 Å². The molecule has 59 heavy (non-hydrogen) atoms. The van der Waals surface area contributed by atoms with E-state index in [4.69, 9.17) is 37.5 Å². The van der Waals surface area contributed by atoms with Crippen molar-refractivity contribution >= 4 is 13.5 Å². The Balaban J connectivity index is 1.44. The van der Waals surface area contributed by atoms with Crippen LogP contribution in [0.25, 0.3) is 0 Å². The number of nitrogens with one attached hydrogen (secondary N) is 1. The lowest BCUT2D eigenvalue weighted by molar-refractivity contribution is -0.245. The highest BCUT2D eigenvalue weighted by Crippen LogP contribution is 2.57. The van der Waals surface area contributed by atoms with Gasteiger partial charge >= 0.3 is 7.60 Å². The maximum absolute atomic E-state index is 14.7. The summed E-state index contributed by atoms with van der Waals surface area (Å²) in [5.74, 6) is -1.68. The van der Waals surface area contributed by atoms with Gasteiger partial charge in [-0.25, -0.2) is 0 Å². The first-order chi connectivity index (χ1) is 28.9. The van der Waals surface area contributed by atoms with E-state index >= 15 is 0 Å². The Bertz CT molecular complexity index is 1990. The minimum Gasteiger partial charge on any atom is -0.374 e. The molecule has 1 aliphatic rings. The molecule has 1 heterocycles. The zero-order valence-corrected chi connectivity index (χ0v) is 34.6. The van der Waals surface area contributed by atoms with Crippen LogP contribution >= 0.6 is 7.60 Å². The Morgan fingerprint density at radius 2 is 1.00 bits per heavy atom. The molecule has 5 aromatic rings. The van der Waals surface area contributed by atoms with Crippen molar-refractivity contribution in [2.24, 2.45) is 0 Å². The van der Waals surface area contributed by atoms with Crippen LogP contribution in [-0.4, -0.2) is 69.1 Å². The van der Waals surface area contributed by atoms with Crippen molar-refractivity contribution in [3.63, 3.8) is 0 Å². The van der Waals surface area contributed by atoms with Crippen LogP contribution in [0.3, 0.4) is 0 Å². The summed E-state index contributed by atoms with van der Waals surface area (Å²) in [4.78, 5) is 13.3. The molecule has 0 unspecified atom stereocenters. The lowest BCUT2D eigenvalue weighted by Gasteiger charge is -2.50. The van der Waals surface area contributed by atoms with E-state index in [2.05, 4.69) is 5.32 Å². The number of carbonyl (C=O) groups is 1. The summed E-state index contributed by atoms with van der Waals surface area (Å²) >= 11 is 0. The van der Waals surface area contributed by atoms with Crippen LogP contribution in [0.1, 0.15) is 34.7 Å². The largest absolute Gasteiger partial charge is 0.374 e.